The van der Waals surface area contributed by atoms with Gasteiger partial charge in [0, 0.05) is 11.1 Å². The van der Waals surface area contributed by atoms with Gasteiger partial charge in [0.15, 0.2) is 0 Å². The molecule has 5 heteroatoms. The van der Waals surface area contributed by atoms with Crippen molar-refractivity contribution in [2.45, 2.75) is 25.3 Å². The van der Waals surface area contributed by atoms with Gasteiger partial charge >= 0.3 is 0 Å². The molecule has 3 nitrogen and oxygen atoms in total. The van der Waals surface area contributed by atoms with Gasteiger partial charge in [-0.25, -0.2) is 4.39 Å². The topological polar surface area (TPSA) is 41.1 Å². The second kappa shape index (κ2) is 6.16. The summed E-state index contributed by atoms with van der Waals surface area (Å²) < 4.78 is 13.5. The van der Waals surface area contributed by atoms with Crippen LogP contribution >= 0.6 is 11.6 Å². The van der Waals surface area contributed by atoms with E-state index in [1.54, 1.807) is 0 Å². The molecule has 2 rings (SSSR count). The SMILES string of the molecule is O=C(NC1CCCNCC1)c1cc(Cl)ccc1F. The molecule has 1 saturated heterocycles. The van der Waals surface area contributed by atoms with Crippen molar-refractivity contribution < 1.29 is 9.18 Å². The lowest BCUT2D eigenvalue weighted by Crippen LogP contribution is -2.35. The van der Waals surface area contributed by atoms with Gasteiger partial charge in [0.2, 0.25) is 0 Å². The second-order valence-corrected chi connectivity index (χ2v) is 4.91. The molecule has 1 fully saturated rings. The van der Waals surface area contributed by atoms with Crippen LogP contribution < -0.4 is 10.6 Å². The molecule has 0 saturated carbocycles. The maximum atomic E-state index is 13.5. The first-order chi connectivity index (χ1) is 8.66. The lowest BCUT2D eigenvalue weighted by atomic mass is 10.1. The van der Waals surface area contributed by atoms with Crippen LogP contribution in [0, 0.1) is 5.82 Å². The summed E-state index contributed by atoms with van der Waals surface area (Å²) in [4.78, 5) is 12.0. The number of hydrogen-bond donors (Lipinski definition) is 2. The van der Waals surface area contributed by atoms with Gasteiger partial charge in [0.05, 0.1) is 5.56 Å². The summed E-state index contributed by atoms with van der Waals surface area (Å²) in [5.74, 6) is -0.925. The highest BCUT2D eigenvalue weighted by Gasteiger charge is 2.18. The average Bonchev–Trinajstić information content (AvgIpc) is 2.61. The summed E-state index contributed by atoms with van der Waals surface area (Å²) in [6, 6.07) is 4.11. The molecule has 98 valence electrons. The highest BCUT2D eigenvalue weighted by Crippen LogP contribution is 2.15. The Hall–Kier alpha value is -1.13. The first-order valence-electron chi connectivity index (χ1n) is 6.13. The Kier molecular flexibility index (Phi) is 4.55. The smallest absolute Gasteiger partial charge is 0.254 e. The van der Waals surface area contributed by atoms with Gasteiger partial charge in [-0.2, -0.15) is 0 Å². The van der Waals surface area contributed by atoms with E-state index in [2.05, 4.69) is 10.6 Å². The minimum Gasteiger partial charge on any atom is -0.349 e. The molecular formula is C13H16ClFN2O. The highest BCUT2D eigenvalue weighted by atomic mass is 35.5. The van der Waals surface area contributed by atoms with E-state index in [4.69, 9.17) is 11.6 Å². The fourth-order valence-electron chi connectivity index (χ4n) is 2.10. The predicted octanol–water partition coefficient (Wildman–Crippen LogP) is 2.35. The van der Waals surface area contributed by atoms with Crippen molar-refractivity contribution in [1.82, 2.24) is 10.6 Å². The molecule has 1 aliphatic rings. The molecule has 0 radical (unpaired) electrons. The fraction of sp³-hybridized carbons (Fsp3) is 0.462. The molecule has 1 unspecified atom stereocenters. The van der Waals surface area contributed by atoms with Crippen molar-refractivity contribution in [3.63, 3.8) is 0 Å². The molecule has 0 aliphatic carbocycles. The van der Waals surface area contributed by atoms with E-state index in [-0.39, 0.29) is 17.5 Å². The van der Waals surface area contributed by atoms with Crippen LogP contribution in [0.1, 0.15) is 29.6 Å². The first kappa shape index (κ1) is 13.3. The Morgan fingerprint density at radius 2 is 2.22 bits per heavy atom. The van der Waals surface area contributed by atoms with Crippen LogP contribution in [0.15, 0.2) is 18.2 Å². The number of rotatable bonds is 2. The van der Waals surface area contributed by atoms with Crippen LogP contribution in [0.5, 0.6) is 0 Å². The van der Waals surface area contributed by atoms with Crippen LogP contribution in [-0.4, -0.2) is 25.0 Å². The van der Waals surface area contributed by atoms with Gasteiger partial charge in [-0.1, -0.05) is 11.6 Å². The van der Waals surface area contributed by atoms with Crippen LogP contribution in [-0.2, 0) is 0 Å². The maximum Gasteiger partial charge on any atom is 0.254 e. The quantitative estimate of drug-likeness (QED) is 0.866. The third-order valence-corrected chi connectivity index (χ3v) is 3.32. The molecule has 1 atom stereocenters. The first-order valence-corrected chi connectivity index (χ1v) is 6.51. The monoisotopic (exact) mass is 270 g/mol. The molecule has 1 aromatic rings. The Balaban J connectivity index is 2.04. The average molecular weight is 271 g/mol. The minimum absolute atomic E-state index is 0.0136. The zero-order chi connectivity index (χ0) is 13.0. The zero-order valence-electron chi connectivity index (χ0n) is 10.0. The van der Waals surface area contributed by atoms with Crippen LogP contribution in [0.25, 0.3) is 0 Å². The number of halogens is 2. The molecule has 18 heavy (non-hydrogen) atoms. The molecule has 1 amide bonds. The number of amides is 1. The van der Waals surface area contributed by atoms with Gasteiger partial charge in [-0.3, -0.25) is 4.79 Å². The van der Waals surface area contributed by atoms with E-state index in [1.165, 1.54) is 18.2 Å². The van der Waals surface area contributed by atoms with Crippen molar-refractivity contribution >= 4 is 17.5 Å². The maximum absolute atomic E-state index is 13.5. The summed E-state index contributed by atoms with van der Waals surface area (Å²) in [7, 11) is 0. The van der Waals surface area contributed by atoms with E-state index in [9.17, 15) is 9.18 Å². The van der Waals surface area contributed by atoms with Crippen molar-refractivity contribution in [2.24, 2.45) is 0 Å². The summed E-state index contributed by atoms with van der Waals surface area (Å²) in [5, 5.41) is 6.49. The Bertz CT molecular complexity index is 431. The Morgan fingerprint density at radius 3 is 3.06 bits per heavy atom. The van der Waals surface area contributed by atoms with Crippen molar-refractivity contribution in [3.8, 4) is 0 Å². The van der Waals surface area contributed by atoms with Gasteiger partial charge in [0.25, 0.3) is 5.91 Å². The Labute approximate surface area is 111 Å². The van der Waals surface area contributed by atoms with Crippen molar-refractivity contribution in [3.05, 3.63) is 34.6 Å². The van der Waals surface area contributed by atoms with Gasteiger partial charge in [-0.05, 0) is 50.6 Å². The van der Waals surface area contributed by atoms with E-state index >= 15 is 0 Å². The molecule has 2 N–H and O–H groups in total. The van der Waals surface area contributed by atoms with E-state index in [1.807, 2.05) is 0 Å². The van der Waals surface area contributed by atoms with Crippen LogP contribution in [0.3, 0.4) is 0 Å². The molecule has 0 spiro atoms. The predicted molar refractivity (Wildman–Crippen MR) is 69.4 cm³/mol. The number of nitrogens with one attached hydrogen (secondary N) is 2. The van der Waals surface area contributed by atoms with Gasteiger partial charge < -0.3 is 10.6 Å². The lowest BCUT2D eigenvalue weighted by molar-refractivity contribution is 0.0930. The Morgan fingerprint density at radius 1 is 1.39 bits per heavy atom. The summed E-state index contributed by atoms with van der Waals surface area (Å²) in [5.41, 5.74) is 0.0136. The standard InChI is InChI=1S/C13H16ClFN2O/c14-9-3-4-12(15)11(8-9)13(18)17-10-2-1-6-16-7-5-10/h3-4,8,10,16H,1-2,5-7H2,(H,17,18). The summed E-state index contributed by atoms with van der Waals surface area (Å²) in [6.45, 7) is 1.85. The number of hydrogen-bond acceptors (Lipinski definition) is 2. The molecular weight excluding hydrogens is 255 g/mol. The highest BCUT2D eigenvalue weighted by molar-refractivity contribution is 6.31. The third-order valence-electron chi connectivity index (χ3n) is 3.08. The minimum atomic E-state index is -0.538. The molecule has 0 bridgehead atoms. The van der Waals surface area contributed by atoms with Crippen molar-refractivity contribution in [1.29, 1.82) is 0 Å². The van der Waals surface area contributed by atoms with E-state index in [0.29, 0.717) is 5.02 Å². The summed E-state index contributed by atoms with van der Waals surface area (Å²) in [6.07, 6.45) is 2.80. The fourth-order valence-corrected chi connectivity index (χ4v) is 2.27. The molecule has 0 aromatic heterocycles. The largest absolute Gasteiger partial charge is 0.349 e. The molecule has 1 aromatic carbocycles. The lowest BCUT2D eigenvalue weighted by Gasteiger charge is -2.16. The molecule has 1 aliphatic heterocycles. The van der Waals surface area contributed by atoms with Crippen molar-refractivity contribution in [2.75, 3.05) is 13.1 Å². The molecule has 1 heterocycles. The van der Waals surface area contributed by atoms with Gasteiger partial charge in [0.1, 0.15) is 5.82 Å². The van der Waals surface area contributed by atoms with E-state index in [0.717, 1.165) is 32.4 Å². The van der Waals surface area contributed by atoms with Crippen LogP contribution in [0.4, 0.5) is 4.39 Å². The number of carbonyl (C=O) groups excluding carboxylic acids is 1. The third kappa shape index (κ3) is 3.43. The van der Waals surface area contributed by atoms with Gasteiger partial charge in [-0.15, -0.1) is 0 Å². The zero-order valence-corrected chi connectivity index (χ0v) is 10.8. The summed E-state index contributed by atoms with van der Waals surface area (Å²) >= 11 is 5.77. The van der Waals surface area contributed by atoms with Crippen LogP contribution in [0.2, 0.25) is 5.02 Å². The van der Waals surface area contributed by atoms with E-state index < -0.39 is 5.82 Å². The second-order valence-electron chi connectivity index (χ2n) is 4.48. The normalized spacial score (nSPS) is 20.2. The number of carbonyl (C=O) groups is 1. The number of benzene rings is 1.